The molecule has 0 spiro atoms. The third-order valence-electron chi connectivity index (χ3n) is 13.0. The molecule has 4 heteroatoms. The van der Waals surface area contributed by atoms with Crippen LogP contribution in [0, 0.1) is 0 Å². The Morgan fingerprint density at radius 1 is 0.310 bits per heavy atom. The summed E-state index contributed by atoms with van der Waals surface area (Å²) in [7, 11) is 0. The lowest BCUT2D eigenvalue weighted by atomic mass is 9.72. The van der Waals surface area contributed by atoms with Crippen LogP contribution in [-0.2, 0) is 10.8 Å². The van der Waals surface area contributed by atoms with Crippen molar-refractivity contribution in [3.8, 4) is 56.4 Å². The van der Waals surface area contributed by atoms with Gasteiger partial charge in [-0.2, -0.15) is 0 Å². The third-order valence-corrected chi connectivity index (χ3v) is 13.0. The van der Waals surface area contributed by atoms with Crippen molar-refractivity contribution < 1.29 is 9.47 Å². The molecular formula is C54H40N2O2. The first kappa shape index (κ1) is 33.1. The van der Waals surface area contributed by atoms with E-state index in [-0.39, 0.29) is 10.8 Å². The van der Waals surface area contributed by atoms with E-state index in [1.807, 2.05) is 12.1 Å². The van der Waals surface area contributed by atoms with Crippen molar-refractivity contribution in [2.75, 3.05) is 9.80 Å². The Kier molecular flexibility index (Phi) is 6.71. The normalized spacial score (nSPS) is 15.4. The van der Waals surface area contributed by atoms with Gasteiger partial charge in [-0.3, -0.25) is 0 Å². The molecule has 4 aliphatic heterocycles. The van der Waals surface area contributed by atoms with Crippen LogP contribution in [0.2, 0.25) is 0 Å². The van der Waals surface area contributed by atoms with Crippen LogP contribution in [0.25, 0.3) is 33.4 Å². The second-order valence-electron chi connectivity index (χ2n) is 17.0. The van der Waals surface area contributed by atoms with Crippen molar-refractivity contribution in [3.63, 3.8) is 0 Å². The topological polar surface area (TPSA) is 24.9 Å². The minimum absolute atomic E-state index is 0.198. The molecule has 278 valence electrons. The van der Waals surface area contributed by atoms with Crippen LogP contribution in [0.4, 0.5) is 34.1 Å². The fourth-order valence-corrected chi connectivity index (χ4v) is 10.0. The predicted octanol–water partition coefficient (Wildman–Crippen LogP) is 15.1. The molecule has 0 aliphatic carbocycles. The second-order valence-corrected chi connectivity index (χ2v) is 17.0. The molecule has 4 aliphatic rings. The van der Waals surface area contributed by atoms with Crippen LogP contribution in [0.3, 0.4) is 0 Å². The summed E-state index contributed by atoms with van der Waals surface area (Å²) < 4.78 is 13.0. The molecule has 0 unspecified atom stereocenters. The zero-order valence-electron chi connectivity index (χ0n) is 32.9. The van der Waals surface area contributed by atoms with Crippen molar-refractivity contribution in [3.05, 3.63) is 192 Å². The van der Waals surface area contributed by atoms with Gasteiger partial charge in [-0.15, -0.1) is 0 Å². The van der Waals surface area contributed by atoms with Gasteiger partial charge in [0.15, 0.2) is 23.0 Å². The highest BCUT2D eigenvalue weighted by Crippen LogP contribution is 2.61. The first-order valence-corrected chi connectivity index (χ1v) is 20.2. The molecule has 8 aromatic carbocycles. The van der Waals surface area contributed by atoms with Crippen LogP contribution in [-0.4, -0.2) is 0 Å². The van der Waals surface area contributed by atoms with Crippen LogP contribution in [0.5, 0.6) is 23.0 Å². The van der Waals surface area contributed by atoms with Gasteiger partial charge in [-0.05, 0) is 116 Å². The third kappa shape index (κ3) is 4.57. The predicted molar refractivity (Wildman–Crippen MR) is 237 cm³/mol. The molecule has 0 fully saturated rings. The molecule has 0 radical (unpaired) electrons. The van der Waals surface area contributed by atoms with Crippen LogP contribution < -0.4 is 19.3 Å². The minimum atomic E-state index is -0.198. The molecule has 0 saturated heterocycles. The Balaban J connectivity index is 0.939. The van der Waals surface area contributed by atoms with Crippen molar-refractivity contribution in [2.45, 2.75) is 38.5 Å². The number of hydrogen-bond donors (Lipinski definition) is 0. The van der Waals surface area contributed by atoms with E-state index in [1.54, 1.807) is 0 Å². The van der Waals surface area contributed by atoms with Crippen molar-refractivity contribution in [2.24, 2.45) is 0 Å². The average molecular weight is 749 g/mol. The van der Waals surface area contributed by atoms with Gasteiger partial charge in [0, 0.05) is 10.8 Å². The maximum absolute atomic E-state index is 6.49. The van der Waals surface area contributed by atoms with Gasteiger partial charge in [0.25, 0.3) is 0 Å². The van der Waals surface area contributed by atoms with Crippen LogP contribution >= 0.6 is 0 Å². The van der Waals surface area contributed by atoms with Crippen LogP contribution in [0.15, 0.2) is 170 Å². The first-order chi connectivity index (χ1) is 28.3. The van der Waals surface area contributed by atoms with E-state index in [0.29, 0.717) is 0 Å². The number of fused-ring (bicyclic) bond motifs is 8. The Bertz CT molecular complexity index is 2840. The smallest absolute Gasteiger partial charge is 0.151 e. The number of para-hydroxylation sites is 6. The monoisotopic (exact) mass is 748 g/mol. The molecule has 0 bridgehead atoms. The van der Waals surface area contributed by atoms with E-state index in [9.17, 15) is 0 Å². The summed E-state index contributed by atoms with van der Waals surface area (Å²) in [5.41, 5.74) is 18.6. The lowest BCUT2D eigenvalue weighted by molar-refractivity contribution is 0.471. The summed E-state index contributed by atoms with van der Waals surface area (Å²) >= 11 is 0. The summed E-state index contributed by atoms with van der Waals surface area (Å²) in [4.78, 5) is 4.82. The van der Waals surface area contributed by atoms with E-state index in [4.69, 9.17) is 9.47 Å². The number of benzene rings is 8. The highest BCUT2D eigenvalue weighted by Gasteiger charge is 2.43. The number of rotatable bonds is 3. The molecule has 0 saturated carbocycles. The summed E-state index contributed by atoms with van der Waals surface area (Å²) in [5, 5.41) is 0. The quantitative estimate of drug-likeness (QED) is 0.180. The summed E-state index contributed by atoms with van der Waals surface area (Å²) in [6.07, 6.45) is 0. The molecule has 4 heterocycles. The molecule has 0 aromatic heterocycles. The highest BCUT2D eigenvalue weighted by molar-refractivity contribution is 5.96. The summed E-state index contributed by atoms with van der Waals surface area (Å²) in [5.74, 6) is 3.54. The van der Waals surface area contributed by atoms with Gasteiger partial charge in [0.05, 0.1) is 34.1 Å². The lowest BCUT2D eigenvalue weighted by Crippen LogP contribution is -2.32. The van der Waals surface area contributed by atoms with E-state index in [0.717, 1.165) is 45.7 Å². The highest BCUT2D eigenvalue weighted by atomic mass is 16.5. The Labute approximate surface area is 339 Å². The maximum atomic E-state index is 6.49. The van der Waals surface area contributed by atoms with Gasteiger partial charge >= 0.3 is 0 Å². The molecule has 8 aromatic rings. The second kappa shape index (κ2) is 11.7. The van der Waals surface area contributed by atoms with Crippen molar-refractivity contribution in [1.82, 2.24) is 0 Å². The standard InChI is InChI=1S/C54H40N2O2/c1-53(2)39-27-25-37(31-45(39)55-43-19-5-7-21-47(43)57-49-23-11-17-41(53)51(49)55)35-15-9-13-33(29-35)34-14-10-16-36(30-34)38-26-28-40-46(32-38)56-44-20-6-8-22-48(44)58-50-24-12-18-42(52(50)56)54(40,3)4/h5-32H,1-4H3. The minimum Gasteiger partial charge on any atom is -0.453 e. The van der Waals surface area contributed by atoms with E-state index >= 15 is 0 Å². The largest absolute Gasteiger partial charge is 0.453 e. The van der Waals surface area contributed by atoms with Crippen LogP contribution in [0.1, 0.15) is 49.9 Å². The molecule has 0 amide bonds. The summed E-state index contributed by atoms with van der Waals surface area (Å²) in [6, 6.07) is 61.6. The Morgan fingerprint density at radius 3 is 1.10 bits per heavy atom. The molecule has 58 heavy (non-hydrogen) atoms. The van der Waals surface area contributed by atoms with Gasteiger partial charge < -0.3 is 19.3 Å². The first-order valence-electron chi connectivity index (χ1n) is 20.2. The number of nitrogens with zero attached hydrogens (tertiary/aromatic N) is 2. The number of anilines is 6. The number of ether oxygens (including phenoxy) is 2. The van der Waals surface area contributed by atoms with E-state index in [1.165, 1.54) is 67.0 Å². The van der Waals surface area contributed by atoms with Gasteiger partial charge in [0.1, 0.15) is 0 Å². The van der Waals surface area contributed by atoms with E-state index in [2.05, 4.69) is 195 Å². The SMILES string of the molecule is CC1(C)c2ccc(-c3cccc(-c4cccc(-c5ccc6c(c5)N5c7ccccc7Oc7cccc(c75)C6(C)C)c4)c3)cc2N2c3ccccc3Oc3cccc1c32. The summed E-state index contributed by atoms with van der Waals surface area (Å²) in [6.45, 7) is 9.30. The maximum Gasteiger partial charge on any atom is 0.151 e. The molecular weight excluding hydrogens is 709 g/mol. The zero-order chi connectivity index (χ0) is 38.9. The van der Waals surface area contributed by atoms with Gasteiger partial charge in [0.2, 0.25) is 0 Å². The van der Waals surface area contributed by atoms with Crippen molar-refractivity contribution in [1.29, 1.82) is 0 Å². The average Bonchev–Trinajstić information content (AvgIpc) is 3.26. The number of hydrogen-bond acceptors (Lipinski definition) is 4. The molecule has 0 N–H and O–H groups in total. The van der Waals surface area contributed by atoms with Gasteiger partial charge in [-0.1, -0.05) is 137 Å². The lowest BCUT2D eigenvalue weighted by Gasteiger charge is -2.45. The zero-order valence-corrected chi connectivity index (χ0v) is 32.9. The molecule has 4 nitrogen and oxygen atoms in total. The molecule has 12 rings (SSSR count). The fraction of sp³-hybridized carbons (Fsp3) is 0.111. The Morgan fingerprint density at radius 2 is 0.672 bits per heavy atom. The molecule has 0 atom stereocenters. The van der Waals surface area contributed by atoms with Crippen molar-refractivity contribution >= 4 is 34.1 Å². The Hall–Kier alpha value is -7.04. The van der Waals surface area contributed by atoms with Gasteiger partial charge in [-0.25, -0.2) is 0 Å². The van der Waals surface area contributed by atoms with E-state index < -0.39 is 0 Å². The fourth-order valence-electron chi connectivity index (χ4n) is 10.0.